The van der Waals surface area contributed by atoms with Crippen molar-refractivity contribution in [2.75, 3.05) is 16.4 Å². The van der Waals surface area contributed by atoms with Crippen molar-refractivity contribution in [2.45, 2.75) is 32.4 Å². The van der Waals surface area contributed by atoms with E-state index < -0.39 is 0 Å². The van der Waals surface area contributed by atoms with Crippen molar-refractivity contribution < 1.29 is 9.59 Å². The number of carbonyl (C=O) groups excluding carboxylic acids is 2. The smallest absolute Gasteiger partial charge is 0.237 e. The maximum absolute atomic E-state index is 12.3. The fraction of sp³-hybridized carbons (Fsp3) is 0.300. The van der Waals surface area contributed by atoms with Gasteiger partial charge in [-0.2, -0.15) is 0 Å². The molecule has 2 aromatic rings. The standard InChI is InChI=1S/C20H24N2O2S/c1-4-16-6-5-7-18(12-16)22-20(24)15(3)25-13-19(23)21-17-10-8-14(2)9-11-17/h5-12,15H,4,13H2,1-3H3,(H,21,23)(H,22,24). The van der Waals surface area contributed by atoms with Gasteiger partial charge < -0.3 is 10.6 Å². The van der Waals surface area contributed by atoms with Gasteiger partial charge in [-0.25, -0.2) is 0 Å². The summed E-state index contributed by atoms with van der Waals surface area (Å²) in [7, 11) is 0. The molecule has 0 aromatic heterocycles. The van der Waals surface area contributed by atoms with E-state index in [-0.39, 0.29) is 22.8 Å². The van der Waals surface area contributed by atoms with E-state index in [2.05, 4.69) is 17.6 Å². The highest BCUT2D eigenvalue weighted by atomic mass is 32.2. The molecule has 2 aromatic carbocycles. The zero-order valence-corrected chi connectivity index (χ0v) is 15.7. The number of amides is 2. The minimum atomic E-state index is -0.311. The lowest BCUT2D eigenvalue weighted by molar-refractivity contribution is -0.115. The van der Waals surface area contributed by atoms with E-state index in [0.717, 1.165) is 23.4 Å². The summed E-state index contributed by atoms with van der Waals surface area (Å²) in [4.78, 5) is 24.3. The molecule has 4 nitrogen and oxygen atoms in total. The average Bonchev–Trinajstić information content (AvgIpc) is 2.61. The number of nitrogens with one attached hydrogen (secondary N) is 2. The predicted molar refractivity (Wildman–Crippen MR) is 106 cm³/mol. The molecule has 2 amide bonds. The third-order valence-electron chi connectivity index (χ3n) is 3.77. The maximum Gasteiger partial charge on any atom is 0.237 e. The molecule has 2 N–H and O–H groups in total. The van der Waals surface area contributed by atoms with Gasteiger partial charge in [-0.1, -0.05) is 36.8 Å². The van der Waals surface area contributed by atoms with Gasteiger partial charge >= 0.3 is 0 Å². The highest BCUT2D eigenvalue weighted by molar-refractivity contribution is 8.01. The van der Waals surface area contributed by atoms with Crippen LogP contribution in [0.5, 0.6) is 0 Å². The van der Waals surface area contributed by atoms with Crippen LogP contribution >= 0.6 is 11.8 Å². The normalized spacial score (nSPS) is 11.6. The van der Waals surface area contributed by atoms with Crippen LogP contribution in [0.2, 0.25) is 0 Å². The number of carbonyl (C=O) groups is 2. The second-order valence-corrected chi connectivity index (χ2v) is 7.24. The minimum absolute atomic E-state index is 0.0959. The van der Waals surface area contributed by atoms with Gasteiger partial charge in [0.1, 0.15) is 0 Å². The van der Waals surface area contributed by atoms with Crippen molar-refractivity contribution in [1.82, 2.24) is 0 Å². The highest BCUT2D eigenvalue weighted by Gasteiger charge is 2.15. The molecule has 132 valence electrons. The molecule has 1 unspecified atom stereocenters. The summed E-state index contributed by atoms with van der Waals surface area (Å²) in [6.45, 7) is 5.88. The van der Waals surface area contributed by atoms with E-state index in [4.69, 9.17) is 0 Å². The fourth-order valence-electron chi connectivity index (χ4n) is 2.22. The van der Waals surface area contributed by atoms with E-state index in [1.165, 1.54) is 17.3 Å². The molecule has 0 bridgehead atoms. The minimum Gasteiger partial charge on any atom is -0.325 e. The van der Waals surface area contributed by atoms with Gasteiger partial charge in [0.05, 0.1) is 11.0 Å². The van der Waals surface area contributed by atoms with Crippen LogP contribution in [0, 0.1) is 6.92 Å². The summed E-state index contributed by atoms with van der Waals surface area (Å²) in [5, 5.41) is 5.43. The molecule has 0 radical (unpaired) electrons. The second-order valence-electron chi connectivity index (χ2n) is 5.91. The number of hydrogen-bond acceptors (Lipinski definition) is 3. The van der Waals surface area contributed by atoms with Crippen LogP contribution in [0.1, 0.15) is 25.0 Å². The molecule has 25 heavy (non-hydrogen) atoms. The lowest BCUT2D eigenvalue weighted by atomic mass is 10.1. The highest BCUT2D eigenvalue weighted by Crippen LogP contribution is 2.16. The molecule has 0 saturated carbocycles. The Labute approximate surface area is 153 Å². The largest absolute Gasteiger partial charge is 0.325 e. The van der Waals surface area contributed by atoms with Crippen LogP contribution in [0.4, 0.5) is 11.4 Å². The van der Waals surface area contributed by atoms with Gasteiger partial charge in [0, 0.05) is 11.4 Å². The summed E-state index contributed by atoms with van der Waals surface area (Å²) in [5.74, 6) is 0.0279. The first kappa shape index (κ1) is 19.1. The molecular weight excluding hydrogens is 332 g/mol. The van der Waals surface area contributed by atoms with E-state index in [0.29, 0.717) is 0 Å². The number of rotatable bonds is 7. The summed E-state index contributed by atoms with van der Waals surface area (Å²) >= 11 is 1.32. The van der Waals surface area contributed by atoms with Crippen molar-refractivity contribution >= 4 is 35.0 Å². The van der Waals surface area contributed by atoms with E-state index >= 15 is 0 Å². The third kappa shape index (κ3) is 6.27. The monoisotopic (exact) mass is 356 g/mol. The molecule has 5 heteroatoms. The van der Waals surface area contributed by atoms with Crippen molar-refractivity contribution in [3.05, 3.63) is 59.7 Å². The number of aryl methyl sites for hydroxylation is 2. The topological polar surface area (TPSA) is 58.2 Å². The lowest BCUT2D eigenvalue weighted by Crippen LogP contribution is -2.25. The van der Waals surface area contributed by atoms with Crippen molar-refractivity contribution in [3.8, 4) is 0 Å². The van der Waals surface area contributed by atoms with Crippen LogP contribution in [0.3, 0.4) is 0 Å². The van der Waals surface area contributed by atoms with Gasteiger partial charge in [0.2, 0.25) is 11.8 Å². The number of thioether (sulfide) groups is 1. The summed E-state index contributed by atoms with van der Waals surface area (Å²) in [5.41, 5.74) is 3.88. The summed E-state index contributed by atoms with van der Waals surface area (Å²) in [6.07, 6.45) is 0.924. The Balaban J connectivity index is 1.80. The summed E-state index contributed by atoms with van der Waals surface area (Å²) in [6, 6.07) is 15.4. The molecular formula is C20H24N2O2S. The zero-order valence-electron chi connectivity index (χ0n) is 14.8. The van der Waals surface area contributed by atoms with Crippen LogP contribution in [-0.2, 0) is 16.0 Å². The van der Waals surface area contributed by atoms with E-state index in [1.807, 2.05) is 62.4 Å². The van der Waals surface area contributed by atoms with Gasteiger partial charge in [-0.3, -0.25) is 9.59 Å². The summed E-state index contributed by atoms with van der Waals surface area (Å²) < 4.78 is 0. The van der Waals surface area contributed by atoms with Crippen molar-refractivity contribution in [3.63, 3.8) is 0 Å². The van der Waals surface area contributed by atoms with Gasteiger partial charge in [-0.15, -0.1) is 11.8 Å². The number of hydrogen-bond donors (Lipinski definition) is 2. The maximum atomic E-state index is 12.3. The molecule has 0 aliphatic heterocycles. The molecule has 0 aliphatic rings. The molecule has 1 atom stereocenters. The third-order valence-corrected chi connectivity index (χ3v) is 4.91. The van der Waals surface area contributed by atoms with Crippen LogP contribution in [0.15, 0.2) is 48.5 Å². The molecule has 0 spiro atoms. The quantitative estimate of drug-likeness (QED) is 0.779. The first-order valence-corrected chi connectivity index (χ1v) is 9.40. The van der Waals surface area contributed by atoms with Gasteiger partial charge in [-0.05, 0) is 50.1 Å². The SMILES string of the molecule is CCc1cccc(NC(=O)C(C)SCC(=O)Nc2ccc(C)cc2)c1. The molecule has 0 fully saturated rings. The fourth-order valence-corrected chi connectivity index (χ4v) is 2.91. The van der Waals surface area contributed by atoms with E-state index in [9.17, 15) is 9.59 Å². The first-order chi connectivity index (χ1) is 12.0. The Bertz CT molecular complexity index is 729. The van der Waals surface area contributed by atoms with Gasteiger partial charge in [0.25, 0.3) is 0 Å². The van der Waals surface area contributed by atoms with Crippen molar-refractivity contribution in [2.24, 2.45) is 0 Å². The molecule has 2 rings (SSSR count). The zero-order chi connectivity index (χ0) is 18.2. The van der Waals surface area contributed by atoms with E-state index in [1.54, 1.807) is 0 Å². The molecule has 0 aliphatic carbocycles. The van der Waals surface area contributed by atoms with Gasteiger partial charge in [0.15, 0.2) is 0 Å². The Morgan fingerprint density at radius 2 is 1.76 bits per heavy atom. The Hall–Kier alpha value is -2.27. The first-order valence-electron chi connectivity index (χ1n) is 8.36. The van der Waals surface area contributed by atoms with Crippen LogP contribution in [0.25, 0.3) is 0 Å². The molecule has 0 saturated heterocycles. The Morgan fingerprint density at radius 3 is 2.44 bits per heavy atom. The lowest BCUT2D eigenvalue weighted by Gasteiger charge is -2.13. The van der Waals surface area contributed by atoms with Crippen LogP contribution in [-0.4, -0.2) is 22.8 Å². The molecule has 0 heterocycles. The van der Waals surface area contributed by atoms with Crippen molar-refractivity contribution in [1.29, 1.82) is 0 Å². The second kappa shape index (κ2) is 9.28. The number of anilines is 2. The predicted octanol–water partition coefficient (Wildman–Crippen LogP) is 4.26. The van der Waals surface area contributed by atoms with Crippen LogP contribution < -0.4 is 10.6 Å². The number of benzene rings is 2. The Kier molecular flexibility index (Phi) is 7.07. The Morgan fingerprint density at radius 1 is 1.04 bits per heavy atom. The average molecular weight is 356 g/mol.